The quantitative estimate of drug-likeness (QED) is 0.895. The Hall–Kier alpha value is -0.640. The zero-order valence-electron chi connectivity index (χ0n) is 10.0. The molecule has 17 heavy (non-hydrogen) atoms. The summed E-state index contributed by atoms with van der Waals surface area (Å²) in [5.74, 6) is -0.331. The van der Waals surface area contributed by atoms with Gasteiger partial charge in [0.15, 0.2) is 0 Å². The zero-order chi connectivity index (χ0) is 12.3. The number of rotatable bonds is 3. The molecule has 94 valence electrons. The van der Waals surface area contributed by atoms with Gasteiger partial charge in [-0.15, -0.1) is 0 Å². The van der Waals surface area contributed by atoms with Gasteiger partial charge in [-0.3, -0.25) is 4.90 Å². The highest BCUT2D eigenvalue weighted by molar-refractivity contribution is 6.30. The molecule has 1 aliphatic rings. The normalized spacial score (nSPS) is 17.6. The summed E-state index contributed by atoms with van der Waals surface area (Å²) in [6, 6.07) is 5.64. The van der Waals surface area contributed by atoms with Crippen LogP contribution in [0.25, 0.3) is 0 Å². The van der Waals surface area contributed by atoms with E-state index >= 15 is 0 Å². The van der Waals surface area contributed by atoms with Crippen molar-refractivity contribution < 1.29 is 4.39 Å². The Labute approximate surface area is 107 Å². The van der Waals surface area contributed by atoms with E-state index in [2.05, 4.69) is 17.3 Å². The van der Waals surface area contributed by atoms with Crippen molar-refractivity contribution in [1.29, 1.82) is 0 Å². The van der Waals surface area contributed by atoms with Gasteiger partial charge in [0.2, 0.25) is 0 Å². The second-order valence-corrected chi connectivity index (χ2v) is 5.05. The molecule has 0 aromatic heterocycles. The third-order valence-corrected chi connectivity index (χ3v) is 3.65. The van der Waals surface area contributed by atoms with E-state index in [4.69, 9.17) is 11.6 Å². The molecule has 0 amide bonds. The summed E-state index contributed by atoms with van der Waals surface area (Å²) < 4.78 is 13.3. The molecule has 1 heterocycles. The Kier molecular flexibility index (Phi) is 4.37. The molecule has 0 atom stereocenters. The Bertz CT molecular complexity index is 378. The maximum Gasteiger partial charge on any atom is 0.142 e. The number of piperidine rings is 1. The molecule has 0 aliphatic carbocycles. The molecule has 0 unspecified atom stereocenters. The van der Waals surface area contributed by atoms with Crippen molar-refractivity contribution in [2.75, 3.05) is 20.1 Å². The second kappa shape index (κ2) is 5.80. The van der Waals surface area contributed by atoms with Gasteiger partial charge in [0, 0.05) is 12.6 Å². The van der Waals surface area contributed by atoms with Crippen LogP contribution in [0.5, 0.6) is 0 Å². The molecule has 0 radical (unpaired) electrons. The van der Waals surface area contributed by atoms with Gasteiger partial charge in [0.1, 0.15) is 5.82 Å². The van der Waals surface area contributed by atoms with Crippen LogP contribution in [-0.2, 0) is 6.54 Å². The topological polar surface area (TPSA) is 15.3 Å². The standard InChI is InChI=1S/C13H18ClFN2/c1-17(11-4-6-16-7-5-11)9-10-2-3-12(14)13(15)8-10/h2-3,8,11,16H,4-7,9H2,1H3. The van der Waals surface area contributed by atoms with Gasteiger partial charge in [0.05, 0.1) is 5.02 Å². The molecule has 1 N–H and O–H groups in total. The van der Waals surface area contributed by atoms with E-state index in [1.807, 2.05) is 6.07 Å². The minimum absolute atomic E-state index is 0.193. The molecular weight excluding hydrogens is 239 g/mol. The Balaban J connectivity index is 1.96. The van der Waals surface area contributed by atoms with E-state index in [9.17, 15) is 4.39 Å². The number of nitrogens with one attached hydrogen (secondary N) is 1. The Morgan fingerprint density at radius 3 is 2.76 bits per heavy atom. The fourth-order valence-electron chi connectivity index (χ4n) is 2.30. The molecule has 4 heteroatoms. The third kappa shape index (κ3) is 3.41. The summed E-state index contributed by atoms with van der Waals surface area (Å²) in [6.07, 6.45) is 2.32. The predicted octanol–water partition coefficient (Wildman–Crippen LogP) is 2.66. The molecule has 1 fully saturated rings. The van der Waals surface area contributed by atoms with Crippen LogP contribution >= 0.6 is 11.6 Å². The highest BCUT2D eigenvalue weighted by Crippen LogP contribution is 2.18. The van der Waals surface area contributed by atoms with Gasteiger partial charge in [-0.2, -0.15) is 0 Å². The first kappa shape index (κ1) is 12.8. The lowest BCUT2D eigenvalue weighted by atomic mass is 10.0. The van der Waals surface area contributed by atoms with Crippen molar-refractivity contribution in [1.82, 2.24) is 10.2 Å². The molecule has 1 aliphatic heterocycles. The highest BCUT2D eigenvalue weighted by Gasteiger charge is 2.17. The van der Waals surface area contributed by atoms with Crippen molar-refractivity contribution in [3.05, 3.63) is 34.6 Å². The van der Waals surface area contributed by atoms with E-state index in [1.54, 1.807) is 6.07 Å². The van der Waals surface area contributed by atoms with Crippen molar-refractivity contribution >= 4 is 11.6 Å². The number of hydrogen-bond donors (Lipinski definition) is 1. The van der Waals surface area contributed by atoms with Gasteiger partial charge in [0.25, 0.3) is 0 Å². The smallest absolute Gasteiger partial charge is 0.142 e. The molecule has 2 rings (SSSR count). The van der Waals surface area contributed by atoms with E-state index < -0.39 is 0 Å². The van der Waals surface area contributed by atoms with Crippen LogP contribution in [0.3, 0.4) is 0 Å². The summed E-state index contributed by atoms with van der Waals surface area (Å²) in [5, 5.41) is 3.54. The molecule has 1 saturated heterocycles. The van der Waals surface area contributed by atoms with Crippen molar-refractivity contribution in [3.8, 4) is 0 Å². The summed E-state index contributed by atoms with van der Waals surface area (Å²) in [5.41, 5.74) is 0.980. The second-order valence-electron chi connectivity index (χ2n) is 4.64. The minimum Gasteiger partial charge on any atom is -0.317 e. The summed E-state index contributed by atoms with van der Waals surface area (Å²) in [7, 11) is 2.10. The lowest BCUT2D eigenvalue weighted by molar-refractivity contribution is 0.191. The average Bonchev–Trinajstić information content (AvgIpc) is 2.35. The first-order valence-electron chi connectivity index (χ1n) is 6.01. The minimum atomic E-state index is -0.331. The Morgan fingerprint density at radius 1 is 1.41 bits per heavy atom. The lowest BCUT2D eigenvalue weighted by Crippen LogP contribution is -2.40. The molecule has 0 spiro atoms. The predicted molar refractivity (Wildman–Crippen MR) is 68.8 cm³/mol. The monoisotopic (exact) mass is 256 g/mol. The van der Waals surface area contributed by atoms with E-state index in [0.29, 0.717) is 6.04 Å². The van der Waals surface area contributed by atoms with Crippen molar-refractivity contribution in [2.45, 2.75) is 25.4 Å². The molecule has 0 saturated carbocycles. The summed E-state index contributed by atoms with van der Waals surface area (Å²) >= 11 is 5.67. The zero-order valence-corrected chi connectivity index (χ0v) is 10.8. The summed E-state index contributed by atoms with van der Waals surface area (Å²) in [6.45, 7) is 2.92. The van der Waals surface area contributed by atoms with Gasteiger partial charge < -0.3 is 5.32 Å². The fraction of sp³-hybridized carbons (Fsp3) is 0.538. The lowest BCUT2D eigenvalue weighted by Gasteiger charge is -2.31. The van der Waals surface area contributed by atoms with Crippen molar-refractivity contribution in [3.63, 3.8) is 0 Å². The van der Waals surface area contributed by atoms with Crippen LogP contribution in [0.2, 0.25) is 5.02 Å². The van der Waals surface area contributed by atoms with E-state index in [0.717, 1.165) is 38.0 Å². The maximum atomic E-state index is 13.3. The largest absolute Gasteiger partial charge is 0.317 e. The molecule has 1 aromatic carbocycles. The molecule has 0 bridgehead atoms. The third-order valence-electron chi connectivity index (χ3n) is 3.35. The van der Waals surface area contributed by atoms with Crippen LogP contribution in [0.4, 0.5) is 4.39 Å². The first-order valence-corrected chi connectivity index (χ1v) is 6.39. The fourth-order valence-corrected chi connectivity index (χ4v) is 2.42. The van der Waals surface area contributed by atoms with E-state index in [1.165, 1.54) is 6.07 Å². The van der Waals surface area contributed by atoms with E-state index in [-0.39, 0.29) is 10.8 Å². The van der Waals surface area contributed by atoms with Crippen LogP contribution in [0.1, 0.15) is 18.4 Å². The number of hydrogen-bond acceptors (Lipinski definition) is 2. The summed E-state index contributed by atoms with van der Waals surface area (Å²) in [4.78, 5) is 2.30. The number of benzene rings is 1. The van der Waals surface area contributed by atoms with Crippen LogP contribution in [-0.4, -0.2) is 31.1 Å². The molecule has 2 nitrogen and oxygen atoms in total. The van der Waals surface area contributed by atoms with Crippen molar-refractivity contribution in [2.24, 2.45) is 0 Å². The first-order chi connectivity index (χ1) is 8.16. The SMILES string of the molecule is CN(Cc1ccc(Cl)c(F)c1)C1CCNCC1. The number of nitrogens with zero attached hydrogens (tertiary/aromatic N) is 1. The van der Waals surface area contributed by atoms with Crippen LogP contribution < -0.4 is 5.32 Å². The average molecular weight is 257 g/mol. The van der Waals surface area contributed by atoms with Gasteiger partial charge >= 0.3 is 0 Å². The Morgan fingerprint density at radius 2 is 2.12 bits per heavy atom. The maximum absolute atomic E-state index is 13.3. The van der Waals surface area contributed by atoms with Crippen LogP contribution in [0.15, 0.2) is 18.2 Å². The van der Waals surface area contributed by atoms with Gasteiger partial charge in [-0.05, 0) is 50.7 Å². The molecular formula is C13H18ClFN2. The highest BCUT2D eigenvalue weighted by atomic mass is 35.5. The van der Waals surface area contributed by atoms with Gasteiger partial charge in [-0.1, -0.05) is 17.7 Å². The molecule has 1 aromatic rings. The van der Waals surface area contributed by atoms with Crippen LogP contribution in [0, 0.1) is 5.82 Å². The van der Waals surface area contributed by atoms with Gasteiger partial charge in [-0.25, -0.2) is 4.39 Å². The number of halogens is 2.